The fourth-order valence-electron chi connectivity index (χ4n) is 0.759. The fraction of sp³-hybridized carbons (Fsp3) is 0.222. The van der Waals surface area contributed by atoms with Crippen molar-refractivity contribution < 1.29 is 14.1 Å². The van der Waals surface area contributed by atoms with Crippen molar-refractivity contribution in [3.63, 3.8) is 0 Å². The second-order valence-electron chi connectivity index (χ2n) is 2.88. The molecule has 1 aromatic heterocycles. The van der Waals surface area contributed by atoms with Gasteiger partial charge in [-0.15, -0.1) is 0 Å². The maximum Gasteiger partial charge on any atom is 0.225 e. The zero-order chi connectivity index (χ0) is 10.6. The van der Waals surface area contributed by atoms with Crippen LogP contribution in [0.15, 0.2) is 22.9 Å². The number of allylic oxidation sites excluding steroid dienone is 1. The van der Waals surface area contributed by atoms with Crippen molar-refractivity contribution in [3.05, 3.63) is 29.8 Å². The molecule has 5 heteroatoms. The molecule has 1 heterocycles. The number of carbonyl (C=O) groups is 2. The van der Waals surface area contributed by atoms with E-state index < -0.39 is 0 Å². The van der Waals surface area contributed by atoms with E-state index in [1.54, 1.807) is 25.2 Å². The molecule has 0 fully saturated rings. The van der Waals surface area contributed by atoms with Gasteiger partial charge in [0.05, 0.1) is 0 Å². The van der Waals surface area contributed by atoms with Crippen LogP contribution in [0.1, 0.15) is 21.0 Å². The van der Waals surface area contributed by atoms with Gasteiger partial charge in [0.25, 0.3) is 0 Å². The number of hydrogen-bond acceptors (Lipinski definition) is 5. The minimum Gasteiger partial charge on any atom is -0.383 e. The van der Waals surface area contributed by atoms with Crippen molar-refractivity contribution in [2.24, 2.45) is 0 Å². The Labute approximate surface area is 81.0 Å². The van der Waals surface area contributed by atoms with Gasteiger partial charge < -0.3 is 9.42 Å². The highest BCUT2D eigenvalue weighted by Gasteiger charge is 2.09. The highest BCUT2D eigenvalue weighted by atomic mass is 16.5. The average molecular weight is 194 g/mol. The summed E-state index contributed by atoms with van der Waals surface area (Å²) in [6, 6.07) is 1.30. The third-order valence-corrected chi connectivity index (χ3v) is 1.42. The van der Waals surface area contributed by atoms with Crippen molar-refractivity contribution >= 4 is 12.1 Å². The molecule has 0 bridgehead atoms. The molecule has 14 heavy (non-hydrogen) atoms. The Morgan fingerprint density at radius 1 is 1.57 bits per heavy atom. The molecular formula is C9H10N2O3. The summed E-state index contributed by atoms with van der Waals surface area (Å²) in [5, 5.41) is 3.37. The molecule has 0 aliphatic rings. The molecule has 0 saturated carbocycles. The van der Waals surface area contributed by atoms with E-state index >= 15 is 0 Å². The predicted octanol–water partition coefficient (Wildman–Crippen LogP) is 0.745. The summed E-state index contributed by atoms with van der Waals surface area (Å²) >= 11 is 0. The molecule has 0 aliphatic carbocycles. The van der Waals surface area contributed by atoms with Crippen molar-refractivity contribution in [3.8, 4) is 0 Å². The normalized spacial score (nSPS) is 10.4. The smallest absolute Gasteiger partial charge is 0.225 e. The van der Waals surface area contributed by atoms with E-state index in [0.717, 1.165) is 0 Å². The number of aromatic nitrogens is 1. The molecule has 0 atom stereocenters. The molecule has 0 aromatic carbocycles. The van der Waals surface area contributed by atoms with E-state index in [4.69, 9.17) is 0 Å². The first kappa shape index (κ1) is 10.2. The Morgan fingerprint density at radius 2 is 2.29 bits per heavy atom. The lowest BCUT2D eigenvalue weighted by molar-refractivity contribution is 0.101. The lowest BCUT2D eigenvalue weighted by Gasteiger charge is -2.01. The van der Waals surface area contributed by atoms with Crippen LogP contribution in [0.4, 0.5) is 0 Å². The lowest BCUT2D eigenvalue weighted by atomic mass is 10.3. The van der Waals surface area contributed by atoms with Gasteiger partial charge in [-0.25, -0.2) is 0 Å². The van der Waals surface area contributed by atoms with Gasteiger partial charge in [-0.3, -0.25) is 9.59 Å². The van der Waals surface area contributed by atoms with Crippen LogP contribution in [0.2, 0.25) is 0 Å². The molecule has 0 aliphatic heterocycles. The molecule has 0 spiro atoms. The third kappa shape index (κ3) is 2.55. The SMILES string of the molecule is CN(C)/C=C/C(=O)c1cc(C=O)no1. The minimum absolute atomic E-state index is 0.0604. The van der Waals surface area contributed by atoms with Crippen LogP contribution in [-0.4, -0.2) is 36.2 Å². The average Bonchev–Trinajstić information content (AvgIpc) is 2.62. The van der Waals surface area contributed by atoms with E-state index in [-0.39, 0.29) is 17.2 Å². The standard InChI is InChI=1S/C9H10N2O3/c1-11(2)4-3-8(13)9-5-7(6-12)10-14-9/h3-6H,1-2H3/b4-3+. The number of ketones is 1. The van der Waals surface area contributed by atoms with Gasteiger partial charge in [0.1, 0.15) is 5.69 Å². The summed E-state index contributed by atoms with van der Waals surface area (Å²) < 4.78 is 4.65. The maximum atomic E-state index is 11.3. The van der Waals surface area contributed by atoms with Gasteiger partial charge in [0, 0.05) is 32.4 Å². The highest BCUT2D eigenvalue weighted by Crippen LogP contribution is 2.03. The van der Waals surface area contributed by atoms with Crippen LogP contribution < -0.4 is 0 Å². The van der Waals surface area contributed by atoms with Crippen molar-refractivity contribution in [1.82, 2.24) is 10.1 Å². The van der Waals surface area contributed by atoms with Crippen LogP contribution in [-0.2, 0) is 0 Å². The topological polar surface area (TPSA) is 63.4 Å². The van der Waals surface area contributed by atoms with E-state index in [9.17, 15) is 9.59 Å². The van der Waals surface area contributed by atoms with Crippen molar-refractivity contribution in [2.45, 2.75) is 0 Å². The second kappa shape index (κ2) is 4.36. The van der Waals surface area contributed by atoms with Crippen molar-refractivity contribution in [1.29, 1.82) is 0 Å². The third-order valence-electron chi connectivity index (χ3n) is 1.42. The summed E-state index contributed by atoms with van der Waals surface area (Å²) in [5.41, 5.74) is 0.117. The molecule has 1 aromatic rings. The van der Waals surface area contributed by atoms with E-state index in [1.165, 1.54) is 12.1 Å². The van der Waals surface area contributed by atoms with Crippen LogP contribution in [0.3, 0.4) is 0 Å². The molecule has 0 radical (unpaired) electrons. The van der Waals surface area contributed by atoms with Gasteiger partial charge in [-0.1, -0.05) is 5.16 Å². The van der Waals surface area contributed by atoms with Crippen LogP contribution >= 0.6 is 0 Å². The minimum atomic E-state index is -0.320. The molecule has 0 saturated heterocycles. The van der Waals surface area contributed by atoms with E-state index in [2.05, 4.69) is 9.68 Å². The number of hydrogen-bond donors (Lipinski definition) is 0. The number of nitrogens with zero attached hydrogens (tertiary/aromatic N) is 2. The van der Waals surface area contributed by atoms with Crippen LogP contribution in [0.5, 0.6) is 0 Å². The molecule has 0 amide bonds. The summed E-state index contributed by atoms with van der Waals surface area (Å²) in [5.74, 6) is -0.260. The monoisotopic (exact) mass is 194 g/mol. The first-order valence-electron chi connectivity index (χ1n) is 3.94. The Balaban J connectivity index is 2.74. The van der Waals surface area contributed by atoms with Gasteiger partial charge in [0.2, 0.25) is 11.5 Å². The lowest BCUT2D eigenvalue weighted by Crippen LogP contribution is -2.02. The maximum absolute atomic E-state index is 11.3. The van der Waals surface area contributed by atoms with Gasteiger partial charge in [-0.2, -0.15) is 0 Å². The number of aldehydes is 1. The molecule has 1 rings (SSSR count). The zero-order valence-corrected chi connectivity index (χ0v) is 7.93. The summed E-state index contributed by atoms with van der Waals surface area (Å²) in [4.78, 5) is 23.3. The predicted molar refractivity (Wildman–Crippen MR) is 49.0 cm³/mol. The van der Waals surface area contributed by atoms with Crippen molar-refractivity contribution in [2.75, 3.05) is 14.1 Å². The highest BCUT2D eigenvalue weighted by molar-refractivity contribution is 6.02. The summed E-state index contributed by atoms with van der Waals surface area (Å²) in [6.07, 6.45) is 3.45. The molecular weight excluding hydrogens is 184 g/mol. The summed E-state index contributed by atoms with van der Waals surface area (Å²) in [6.45, 7) is 0. The van der Waals surface area contributed by atoms with E-state index in [0.29, 0.717) is 6.29 Å². The van der Waals surface area contributed by atoms with Gasteiger partial charge in [-0.05, 0) is 0 Å². The van der Waals surface area contributed by atoms with Crippen LogP contribution in [0, 0.1) is 0 Å². The van der Waals surface area contributed by atoms with Gasteiger partial charge >= 0.3 is 0 Å². The Bertz CT molecular complexity index is 366. The molecule has 0 unspecified atom stereocenters. The Hall–Kier alpha value is -1.91. The summed E-state index contributed by atoms with van der Waals surface area (Å²) in [7, 11) is 3.59. The Morgan fingerprint density at radius 3 is 2.79 bits per heavy atom. The number of rotatable bonds is 4. The van der Waals surface area contributed by atoms with E-state index in [1.807, 2.05) is 0 Å². The quantitative estimate of drug-likeness (QED) is 0.402. The first-order chi connectivity index (χ1) is 6.63. The molecule has 0 N–H and O–H groups in total. The fourth-order valence-corrected chi connectivity index (χ4v) is 0.759. The number of carbonyl (C=O) groups excluding carboxylic acids is 2. The second-order valence-corrected chi connectivity index (χ2v) is 2.88. The Kier molecular flexibility index (Phi) is 3.17. The van der Waals surface area contributed by atoms with Gasteiger partial charge in [0.15, 0.2) is 6.29 Å². The molecule has 74 valence electrons. The largest absolute Gasteiger partial charge is 0.383 e. The molecule has 5 nitrogen and oxygen atoms in total. The zero-order valence-electron chi connectivity index (χ0n) is 7.93. The first-order valence-corrected chi connectivity index (χ1v) is 3.94. The van der Waals surface area contributed by atoms with Crippen LogP contribution in [0.25, 0.3) is 0 Å².